The van der Waals surface area contributed by atoms with Crippen LogP contribution < -0.4 is 5.32 Å². The second-order valence-corrected chi connectivity index (χ2v) is 4.85. The Kier molecular flexibility index (Phi) is 4.41. The van der Waals surface area contributed by atoms with E-state index in [-0.39, 0.29) is 16.3 Å². The molecule has 0 aliphatic rings. The topological polar surface area (TPSA) is 52.9 Å². The highest BCUT2D eigenvalue weighted by molar-refractivity contribution is 6.31. The molecule has 106 valence electrons. The zero-order valence-corrected chi connectivity index (χ0v) is 11.8. The van der Waals surface area contributed by atoms with Crippen LogP contribution in [0, 0.1) is 23.0 Å². The zero-order valence-electron chi connectivity index (χ0n) is 10.3. The first-order valence-electron chi connectivity index (χ1n) is 5.58. The molecule has 21 heavy (non-hydrogen) atoms. The minimum atomic E-state index is -0.973. The van der Waals surface area contributed by atoms with Gasteiger partial charge in [-0.05, 0) is 30.3 Å². The van der Waals surface area contributed by atoms with Gasteiger partial charge < -0.3 is 5.32 Å². The summed E-state index contributed by atoms with van der Waals surface area (Å²) >= 11 is 11.2. The standard InChI is InChI=1S/C14H6Cl2F2N2O/c15-8-2-1-7(6-19)13(3-8)20-14(21)9-4-12(18)10(16)5-11(9)17/h1-5H,(H,20,21). The first-order chi connectivity index (χ1) is 9.92. The number of nitriles is 1. The Labute approximate surface area is 128 Å². The van der Waals surface area contributed by atoms with Gasteiger partial charge in [0, 0.05) is 5.02 Å². The molecule has 0 saturated heterocycles. The van der Waals surface area contributed by atoms with Crippen LogP contribution in [-0.4, -0.2) is 5.91 Å². The van der Waals surface area contributed by atoms with Gasteiger partial charge in [0.05, 0.1) is 21.8 Å². The summed E-state index contributed by atoms with van der Waals surface area (Å²) in [6, 6.07) is 7.45. The molecule has 7 heteroatoms. The third-order valence-corrected chi connectivity index (χ3v) is 3.13. The number of nitrogens with one attached hydrogen (secondary N) is 1. The van der Waals surface area contributed by atoms with Crippen molar-refractivity contribution in [2.45, 2.75) is 0 Å². The molecule has 2 rings (SSSR count). The highest BCUT2D eigenvalue weighted by atomic mass is 35.5. The quantitative estimate of drug-likeness (QED) is 0.832. The number of carbonyl (C=O) groups is 1. The molecule has 1 amide bonds. The first-order valence-corrected chi connectivity index (χ1v) is 6.33. The van der Waals surface area contributed by atoms with E-state index in [0.29, 0.717) is 12.1 Å². The Morgan fingerprint density at radius 3 is 2.52 bits per heavy atom. The van der Waals surface area contributed by atoms with Crippen molar-refractivity contribution in [1.29, 1.82) is 5.26 Å². The van der Waals surface area contributed by atoms with E-state index in [9.17, 15) is 13.6 Å². The van der Waals surface area contributed by atoms with Gasteiger partial charge in [0.1, 0.15) is 17.7 Å². The molecule has 0 atom stereocenters. The van der Waals surface area contributed by atoms with E-state index in [2.05, 4.69) is 5.32 Å². The normalized spacial score (nSPS) is 10.0. The van der Waals surface area contributed by atoms with Crippen LogP contribution in [0.25, 0.3) is 0 Å². The molecule has 2 aromatic rings. The van der Waals surface area contributed by atoms with Crippen molar-refractivity contribution < 1.29 is 13.6 Å². The first kappa shape index (κ1) is 15.2. The van der Waals surface area contributed by atoms with Gasteiger partial charge in [-0.3, -0.25) is 4.79 Å². The molecule has 3 nitrogen and oxygen atoms in total. The lowest BCUT2D eigenvalue weighted by Gasteiger charge is -2.09. The number of anilines is 1. The second kappa shape index (κ2) is 6.08. The largest absolute Gasteiger partial charge is 0.321 e. The van der Waals surface area contributed by atoms with Crippen molar-refractivity contribution >= 4 is 34.8 Å². The van der Waals surface area contributed by atoms with E-state index in [1.54, 1.807) is 0 Å². The maximum atomic E-state index is 13.6. The smallest absolute Gasteiger partial charge is 0.258 e. The van der Waals surface area contributed by atoms with Gasteiger partial charge in [0.2, 0.25) is 0 Å². The van der Waals surface area contributed by atoms with Crippen molar-refractivity contribution in [3.05, 3.63) is 63.1 Å². The van der Waals surface area contributed by atoms with Crippen molar-refractivity contribution in [3.8, 4) is 6.07 Å². The molecule has 0 fully saturated rings. The number of benzene rings is 2. The number of hydrogen-bond donors (Lipinski definition) is 1. The third kappa shape index (κ3) is 3.30. The van der Waals surface area contributed by atoms with E-state index in [0.717, 1.165) is 0 Å². The molecule has 0 aromatic heterocycles. The number of halogens is 4. The Morgan fingerprint density at radius 1 is 1.14 bits per heavy atom. The Hall–Kier alpha value is -2.16. The fourth-order valence-electron chi connectivity index (χ4n) is 1.60. The maximum Gasteiger partial charge on any atom is 0.258 e. The molecule has 0 unspecified atom stereocenters. The Balaban J connectivity index is 2.37. The van der Waals surface area contributed by atoms with E-state index in [1.165, 1.54) is 18.2 Å². The van der Waals surface area contributed by atoms with Gasteiger partial charge in [0.25, 0.3) is 5.91 Å². The lowest BCUT2D eigenvalue weighted by molar-refractivity contribution is 0.102. The summed E-state index contributed by atoms with van der Waals surface area (Å²) in [6.07, 6.45) is 0. The predicted octanol–water partition coefficient (Wildman–Crippen LogP) is 4.40. The lowest BCUT2D eigenvalue weighted by Crippen LogP contribution is -2.15. The van der Waals surface area contributed by atoms with Crippen molar-refractivity contribution in [2.75, 3.05) is 5.32 Å². The summed E-state index contributed by atoms with van der Waals surface area (Å²) in [5.41, 5.74) is -0.284. The van der Waals surface area contributed by atoms with Crippen LogP contribution in [-0.2, 0) is 0 Å². The molecule has 0 heterocycles. The zero-order chi connectivity index (χ0) is 15.6. The Morgan fingerprint density at radius 2 is 1.86 bits per heavy atom. The number of hydrogen-bond acceptors (Lipinski definition) is 2. The average molecular weight is 327 g/mol. The van der Waals surface area contributed by atoms with Crippen LogP contribution in [0.5, 0.6) is 0 Å². The van der Waals surface area contributed by atoms with Crippen LogP contribution in [0.2, 0.25) is 10.0 Å². The molecule has 0 radical (unpaired) electrons. The summed E-state index contributed by atoms with van der Waals surface area (Å²) in [7, 11) is 0. The predicted molar refractivity (Wildman–Crippen MR) is 75.5 cm³/mol. The van der Waals surface area contributed by atoms with Gasteiger partial charge in [-0.15, -0.1) is 0 Å². The van der Waals surface area contributed by atoms with Crippen LogP contribution in [0.3, 0.4) is 0 Å². The molecule has 1 N–H and O–H groups in total. The van der Waals surface area contributed by atoms with Crippen molar-refractivity contribution in [1.82, 2.24) is 0 Å². The van der Waals surface area contributed by atoms with Gasteiger partial charge in [-0.2, -0.15) is 5.26 Å². The lowest BCUT2D eigenvalue weighted by atomic mass is 10.1. The number of rotatable bonds is 2. The monoisotopic (exact) mass is 326 g/mol. The summed E-state index contributed by atoms with van der Waals surface area (Å²) in [5.74, 6) is -2.81. The minimum absolute atomic E-state index is 0.102. The highest BCUT2D eigenvalue weighted by Gasteiger charge is 2.17. The van der Waals surface area contributed by atoms with E-state index in [1.807, 2.05) is 6.07 Å². The van der Waals surface area contributed by atoms with Crippen molar-refractivity contribution in [2.24, 2.45) is 0 Å². The molecule has 0 aliphatic carbocycles. The molecular formula is C14H6Cl2F2N2O. The van der Waals surface area contributed by atoms with E-state index >= 15 is 0 Å². The fraction of sp³-hybridized carbons (Fsp3) is 0. The Bertz CT molecular complexity index is 772. The second-order valence-electron chi connectivity index (χ2n) is 4.00. The van der Waals surface area contributed by atoms with E-state index in [4.69, 9.17) is 28.5 Å². The molecule has 2 aromatic carbocycles. The van der Waals surface area contributed by atoms with Crippen molar-refractivity contribution in [3.63, 3.8) is 0 Å². The number of carbonyl (C=O) groups excluding carboxylic acids is 1. The average Bonchev–Trinajstić information content (AvgIpc) is 2.43. The van der Waals surface area contributed by atoms with Crippen LogP contribution in [0.4, 0.5) is 14.5 Å². The molecule has 0 spiro atoms. The van der Waals surface area contributed by atoms with Crippen LogP contribution in [0.1, 0.15) is 15.9 Å². The third-order valence-electron chi connectivity index (χ3n) is 2.60. The molecule has 0 bridgehead atoms. The number of nitrogens with zero attached hydrogens (tertiary/aromatic N) is 1. The SMILES string of the molecule is N#Cc1ccc(Cl)cc1NC(=O)c1cc(F)c(Cl)cc1F. The minimum Gasteiger partial charge on any atom is -0.321 e. The molecule has 0 aliphatic heterocycles. The van der Waals surface area contributed by atoms with Crippen LogP contribution in [0.15, 0.2) is 30.3 Å². The van der Waals surface area contributed by atoms with Gasteiger partial charge in [0.15, 0.2) is 0 Å². The van der Waals surface area contributed by atoms with Gasteiger partial charge >= 0.3 is 0 Å². The summed E-state index contributed by atoms with van der Waals surface area (Å²) in [4.78, 5) is 12.0. The van der Waals surface area contributed by atoms with E-state index < -0.39 is 28.1 Å². The fourth-order valence-corrected chi connectivity index (χ4v) is 1.93. The maximum absolute atomic E-state index is 13.6. The molecule has 0 saturated carbocycles. The summed E-state index contributed by atoms with van der Waals surface area (Å²) in [6.45, 7) is 0. The summed E-state index contributed by atoms with van der Waals surface area (Å²) < 4.78 is 27.0. The van der Waals surface area contributed by atoms with Gasteiger partial charge in [-0.1, -0.05) is 23.2 Å². The highest BCUT2D eigenvalue weighted by Crippen LogP contribution is 2.23. The van der Waals surface area contributed by atoms with Crippen LogP contribution >= 0.6 is 23.2 Å². The number of amides is 1. The van der Waals surface area contributed by atoms with Gasteiger partial charge in [-0.25, -0.2) is 8.78 Å². The summed E-state index contributed by atoms with van der Waals surface area (Å²) in [5, 5.41) is 11.1. The molecular weight excluding hydrogens is 321 g/mol.